The molecule has 3 nitrogen and oxygen atoms in total. The summed E-state index contributed by atoms with van der Waals surface area (Å²) in [6.07, 6.45) is 0. The van der Waals surface area contributed by atoms with Crippen molar-refractivity contribution in [3.05, 3.63) is 92.9 Å². The lowest BCUT2D eigenvalue weighted by Crippen LogP contribution is -2.29. The van der Waals surface area contributed by atoms with Gasteiger partial charge in [-0.25, -0.2) is 4.39 Å². The van der Waals surface area contributed by atoms with Gasteiger partial charge in [0.05, 0.1) is 16.5 Å². The molecule has 0 atom stereocenters. The number of thiophene rings is 1. The van der Waals surface area contributed by atoms with Crippen LogP contribution >= 0.6 is 11.3 Å². The number of nitrogens with zero attached hydrogens (tertiary/aromatic N) is 2. The average Bonchev–Trinajstić information content (AvgIpc) is 3.07. The predicted molar refractivity (Wildman–Crippen MR) is 100 cm³/mol. The fourth-order valence-electron chi connectivity index (χ4n) is 2.67. The highest BCUT2D eigenvalue weighted by Gasteiger charge is 2.18. The van der Waals surface area contributed by atoms with Crippen LogP contribution in [0.1, 0.15) is 31.2 Å². The molecule has 26 heavy (non-hydrogen) atoms. The first-order chi connectivity index (χ1) is 12.5. The Labute approximate surface area is 155 Å². The van der Waals surface area contributed by atoms with Crippen molar-refractivity contribution in [2.75, 3.05) is 0 Å². The van der Waals surface area contributed by atoms with Crippen LogP contribution in [0.2, 0.25) is 0 Å². The predicted octanol–water partition coefficient (Wildman–Crippen LogP) is 4.91. The summed E-state index contributed by atoms with van der Waals surface area (Å²) in [5.74, 6) is -0.406. The summed E-state index contributed by atoms with van der Waals surface area (Å²) in [5, 5.41) is 8.92. The first-order valence-electron chi connectivity index (χ1n) is 8.14. The van der Waals surface area contributed by atoms with E-state index in [1.807, 2.05) is 37.3 Å². The molecule has 130 valence electrons. The van der Waals surface area contributed by atoms with E-state index in [-0.39, 0.29) is 11.7 Å². The summed E-state index contributed by atoms with van der Waals surface area (Å²) >= 11 is 1.45. The van der Waals surface area contributed by atoms with Crippen LogP contribution in [0.25, 0.3) is 0 Å². The molecule has 0 fully saturated rings. The van der Waals surface area contributed by atoms with Gasteiger partial charge in [-0.3, -0.25) is 4.79 Å². The zero-order valence-corrected chi connectivity index (χ0v) is 15.1. The van der Waals surface area contributed by atoms with Gasteiger partial charge in [0, 0.05) is 18.0 Å². The molecule has 1 aromatic heterocycles. The molecule has 0 aliphatic rings. The molecule has 0 unspecified atom stereocenters. The Morgan fingerprint density at radius 3 is 2.42 bits per heavy atom. The molecule has 0 spiro atoms. The van der Waals surface area contributed by atoms with Crippen LogP contribution in [0.15, 0.2) is 60.7 Å². The lowest BCUT2D eigenvalue weighted by molar-refractivity contribution is 0.0735. The monoisotopic (exact) mass is 364 g/mol. The quantitative estimate of drug-likeness (QED) is 0.646. The van der Waals surface area contributed by atoms with Gasteiger partial charge in [0.2, 0.25) is 0 Å². The molecule has 0 saturated carbocycles. The lowest BCUT2D eigenvalue weighted by atomic mass is 10.1. The molecule has 0 saturated heterocycles. The number of nitriles is 1. The summed E-state index contributed by atoms with van der Waals surface area (Å²) in [4.78, 5) is 16.4. The van der Waals surface area contributed by atoms with E-state index >= 15 is 0 Å². The maximum absolute atomic E-state index is 13.5. The Morgan fingerprint density at radius 1 is 1.08 bits per heavy atom. The van der Waals surface area contributed by atoms with Crippen molar-refractivity contribution in [1.29, 1.82) is 5.26 Å². The molecule has 5 heteroatoms. The highest BCUT2D eigenvalue weighted by molar-refractivity contribution is 7.13. The van der Waals surface area contributed by atoms with Gasteiger partial charge in [0.1, 0.15) is 5.82 Å². The number of carbonyl (C=O) groups is 1. The van der Waals surface area contributed by atoms with Gasteiger partial charge in [0.25, 0.3) is 5.91 Å². The maximum Gasteiger partial charge on any atom is 0.264 e. The summed E-state index contributed by atoms with van der Waals surface area (Å²) in [6.45, 7) is 2.66. The Bertz CT molecular complexity index is 957. The van der Waals surface area contributed by atoms with Crippen LogP contribution < -0.4 is 0 Å². The molecular formula is C21H17FN2OS. The number of hydrogen-bond acceptors (Lipinski definition) is 3. The molecule has 0 aliphatic carbocycles. The van der Waals surface area contributed by atoms with Crippen molar-refractivity contribution >= 4 is 17.2 Å². The Balaban J connectivity index is 1.87. The Morgan fingerprint density at radius 2 is 1.81 bits per heavy atom. The third kappa shape index (κ3) is 4.35. The summed E-state index contributed by atoms with van der Waals surface area (Å²) < 4.78 is 13.5. The van der Waals surface area contributed by atoms with Crippen molar-refractivity contribution in [2.24, 2.45) is 0 Å². The molecule has 0 radical (unpaired) electrons. The normalized spacial score (nSPS) is 10.3. The Hall–Kier alpha value is -2.97. The minimum atomic E-state index is -0.319. The minimum absolute atomic E-state index is 0.0864. The average molecular weight is 364 g/mol. The van der Waals surface area contributed by atoms with E-state index in [4.69, 9.17) is 5.26 Å². The van der Waals surface area contributed by atoms with Crippen molar-refractivity contribution < 1.29 is 9.18 Å². The third-order valence-corrected chi connectivity index (χ3v) is 4.95. The first kappa shape index (κ1) is 17.8. The van der Waals surface area contributed by atoms with Gasteiger partial charge in [0.15, 0.2) is 0 Å². The molecule has 3 aromatic rings. The van der Waals surface area contributed by atoms with Crippen LogP contribution in [-0.2, 0) is 13.1 Å². The van der Waals surface area contributed by atoms with E-state index in [1.165, 1.54) is 23.5 Å². The van der Waals surface area contributed by atoms with Crippen LogP contribution in [0, 0.1) is 24.1 Å². The number of hydrogen-bond donors (Lipinski definition) is 0. The van der Waals surface area contributed by atoms with E-state index in [1.54, 1.807) is 23.1 Å². The zero-order valence-electron chi connectivity index (χ0n) is 14.3. The van der Waals surface area contributed by atoms with Gasteiger partial charge in [-0.2, -0.15) is 5.26 Å². The van der Waals surface area contributed by atoms with Crippen LogP contribution in [0.4, 0.5) is 4.39 Å². The number of benzene rings is 2. The number of rotatable bonds is 5. The lowest BCUT2D eigenvalue weighted by Gasteiger charge is -2.22. The number of aryl methyl sites for hydroxylation is 1. The SMILES string of the molecule is Cc1ccc(C(=O)N(Cc2ccc(C#N)cc2)Cc2cccc(F)c2)s1. The fraction of sp³-hybridized carbons (Fsp3) is 0.143. The van der Waals surface area contributed by atoms with E-state index in [9.17, 15) is 9.18 Å². The van der Waals surface area contributed by atoms with Crippen LogP contribution in [0.5, 0.6) is 0 Å². The molecule has 2 aromatic carbocycles. The topological polar surface area (TPSA) is 44.1 Å². The van der Waals surface area contributed by atoms with Gasteiger partial charge >= 0.3 is 0 Å². The third-order valence-electron chi connectivity index (χ3n) is 3.96. The van der Waals surface area contributed by atoms with Gasteiger partial charge in [-0.15, -0.1) is 11.3 Å². The second kappa shape index (κ2) is 7.94. The molecular weight excluding hydrogens is 347 g/mol. The highest BCUT2D eigenvalue weighted by atomic mass is 32.1. The maximum atomic E-state index is 13.5. The number of amides is 1. The molecule has 3 rings (SSSR count). The van der Waals surface area contributed by atoms with E-state index < -0.39 is 0 Å². The smallest absolute Gasteiger partial charge is 0.264 e. The fourth-order valence-corrected chi connectivity index (χ4v) is 3.50. The molecule has 1 amide bonds. The number of carbonyl (C=O) groups excluding carboxylic acids is 1. The van der Waals surface area contributed by atoms with Gasteiger partial charge in [-0.1, -0.05) is 24.3 Å². The zero-order chi connectivity index (χ0) is 18.5. The Kier molecular flexibility index (Phi) is 5.45. The van der Waals surface area contributed by atoms with Crippen molar-refractivity contribution in [3.8, 4) is 6.07 Å². The largest absolute Gasteiger partial charge is 0.329 e. The standard InChI is InChI=1S/C21H17FN2OS/c1-15-5-10-20(26-15)21(25)24(14-18-3-2-4-19(22)11-18)13-17-8-6-16(12-23)7-9-17/h2-11H,13-14H2,1H3. The van der Waals surface area contributed by atoms with Gasteiger partial charge < -0.3 is 4.90 Å². The van der Waals surface area contributed by atoms with E-state index in [2.05, 4.69) is 6.07 Å². The second-order valence-corrected chi connectivity index (χ2v) is 7.30. The van der Waals surface area contributed by atoms with Crippen molar-refractivity contribution in [2.45, 2.75) is 20.0 Å². The first-order valence-corrected chi connectivity index (χ1v) is 8.96. The minimum Gasteiger partial charge on any atom is -0.329 e. The molecule has 0 aliphatic heterocycles. The van der Waals surface area contributed by atoms with Crippen molar-refractivity contribution in [1.82, 2.24) is 4.90 Å². The summed E-state index contributed by atoms with van der Waals surface area (Å²) in [6, 6.07) is 19.2. The van der Waals surface area contributed by atoms with Crippen LogP contribution in [0.3, 0.4) is 0 Å². The highest BCUT2D eigenvalue weighted by Crippen LogP contribution is 2.20. The summed E-state index contributed by atoms with van der Waals surface area (Å²) in [7, 11) is 0. The van der Waals surface area contributed by atoms with E-state index in [0.29, 0.717) is 23.5 Å². The summed E-state index contributed by atoms with van der Waals surface area (Å²) in [5.41, 5.74) is 2.23. The van der Waals surface area contributed by atoms with Gasteiger partial charge in [-0.05, 0) is 54.4 Å². The number of halogens is 1. The molecule has 0 N–H and O–H groups in total. The molecule has 1 heterocycles. The van der Waals surface area contributed by atoms with Crippen LogP contribution in [-0.4, -0.2) is 10.8 Å². The van der Waals surface area contributed by atoms with E-state index in [0.717, 1.165) is 16.0 Å². The second-order valence-electron chi connectivity index (χ2n) is 6.01. The van der Waals surface area contributed by atoms with Crippen molar-refractivity contribution in [3.63, 3.8) is 0 Å². The molecule has 0 bridgehead atoms.